The number of halogens is 1. The molecule has 1 amide bonds. The van der Waals surface area contributed by atoms with E-state index in [4.69, 9.17) is 4.74 Å². The number of hydrogen-bond acceptors (Lipinski definition) is 6. The van der Waals surface area contributed by atoms with Gasteiger partial charge >= 0.3 is 6.09 Å². The molecule has 4 aromatic rings. The third-order valence-corrected chi connectivity index (χ3v) is 7.91. The molecule has 9 nitrogen and oxygen atoms in total. The average Bonchev–Trinajstić information content (AvgIpc) is 3.46. The molecule has 10 heteroatoms. The van der Waals surface area contributed by atoms with Crippen LogP contribution in [0.15, 0.2) is 42.9 Å². The number of fused-ring (bicyclic) bond motifs is 1. The van der Waals surface area contributed by atoms with Crippen LogP contribution < -0.4 is 0 Å². The number of hydrogen-bond donors (Lipinski definition) is 1. The molecular weight excluding hydrogens is 521 g/mol. The highest BCUT2D eigenvalue weighted by atomic mass is 19.1. The maximum atomic E-state index is 15.6. The Labute approximate surface area is 239 Å². The van der Waals surface area contributed by atoms with Crippen molar-refractivity contribution in [2.45, 2.75) is 65.1 Å². The Morgan fingerprint density at radius 2 is 1.95 bits per heavy atom. The summed E-state index contributed by atoms with van der Waals surface area (Å²) in [6.07, 6.45) is 8.17. The number of amides is 1. The van der Waals surface area contributed by atoms with Gasteiger partial charge in [0.25, 0.3) is 0 Å². The molecule has 6 rings (SSSR count). The first-order valence-electron chi connectivity index (χ1n) is 14.5. The number of carbonyl (C=O) groups is 1. The van der Waals surface area contributed by atoms with Crippen LogP contribution in [0.5, 0.6) is 0 Å². The zero-order valence-electron chi connectivity index (χ0n) is 24.2. The SMILES string of the molecule is CC(c1ccnc(Cc2nc3c(F)c(-c4cnn(CC5CC5)c4)ccc3[nH]2)c1)N1CCN(C(=O)OC(C)(C)C)CC1. The van der Waals surface area contributed by atoms with Gasteiger partial charge in [0.2, 0.25) is 0 Å². The second kappa shape index (κ2) is 10.9. The molecule has 0 bridgehead atoms. The summed E-state index contributed by atoms with van der Waals surface area (Å²) in [6, 6.07) is 7.96. The Morgan fingerprint density at radius 3 is 2.68 bits per heavy atom. The smallest absolute Gasteiger partial charge is 0.410 e. The van der Waals surface area contributed by atoms with Crippen molar-refractivity contribution < 1.29 is 13.9 Å². The maximum absolute atomic E-state index is 15.6. The first kappa shape index (κ1) is 27.4. The summed E-state index contributed by atoms with van der Waals surface area (Å²) in [5, 5.41) is 4.42. The number of imidazole rings is 1. The average molecular weight is 560 g/mol. The van der Waals surface area contributed by atoms with E-state index in [0.29, 0.717) is 47.8 Å². The number of carbonyl (C=O) groups excluding carboxylic acids is 1. The Bertz CT molecular complexity index is 1540. The number of pyridine rings is 1. The first-order chi connectivity index (χ1) is 19.6. The number of ether oxygens (including phenoxy) is 1. The van der Waals surface area contributed by atoms with Gasteiger partial charge in [-0.1, -0.05) is 0 Å². The molecule has 1 N–H and O–H groups in total. The van der Waals surface area contributed by atoms with Gasteiger partial charge in [-0.15, -0.1) is 0 Å². The number of nitrogens with one attached hydrogen (secondary N) is 1. The van der Waals surface area contributed by atoms with Crippen molar-refractivity contribution >= 4 is 17.1 Å². The van der Waals surface area contributed by atoms with Crippen molar-refractivity contribution in [3.8, 4) is 11.1 Å². The molecule has 2 fully saturated rings. The Balaban J connectivity index is 1.12. The third-order valence-electron chi connectivity index (χ3n) is 7.91. The molecule has 2 aliphatic rings. The monoisotopic (exact) mass is 559 g/mol. The fraction of sp³-hybridized carbons (Fsp3) is 0.484. The molecule has 1 atom stereocenters. The van der Waals surface area contributed by atoms with Crippen LogP contribution in [0.3, 0.4) is 0 Å². The molecule has 1 saturated heterocycles. The summed E-state index contributed by atoms with van der Waals surface area (Å²) in [5.74, 6) is 1.04. The van der Waals surface area contributed by atoms with Crippen molar-refractivity contribution in [3.63, 3.8) is 0 Å². The molecule has 1 unspecified atom stereocenters. The number of benzene rings is 1. The Kier molecular flexibility index (Phi) is 7.27. The van der Waals surface area contributed by atoms with E-state index in [-0.39, 0.29) is 18.0 Å². The Morgan fingerprint density at radius 1 is 1.17 bits per heavy atom. The lowest BCUT2D eigenvalue weighted by molar-refractivity contribution is 0.0110. The van der Waals surface area contributed by atoms with Gasteiger partial charge in [0.15, 0.2) is 5.82 Å². The van der Waals surface area contributed by atoms with Crippen LogP contribution in [0.2, 0.25) is 0 Å². The van der Waals surface area contributed by atoms with Crippen LogP contribution in [0.4, 0.5) is 9.18 Å². The van der Waals surface area contributed by atoms with Crippen LogP contribution in [-0.2, 0) is 17.7 Å². The van der Waals surface area contributed by atoms with Crippen molar-refractivity contribution in [1.29, 1.82) is 0 Å². The van der Waals surface area contributed by atoms with E-state index in [1.807, 2.05) is 50.0 Å². The lowest BCUT2D eigenvalue weighted by Crippen LogP contribution is -2.50. The summed E-state index contributed by atoms with van der Waals surface area (Å²) in [7, 11) is 0. The Hall–Kier alpha value is -3.79. The third kappa shape index (κ3) is 6.27. The highest BCUT2D eigenvalue weighted by Gasteiger charge is 2.28. The van der Waals surface area contributed by atoms with E-state index in [1.165, 1.54) is 12.8 Å². The maximum Gasteiger partial charge on any atom is 0.410 e. The van der Waals surface area contributed by atoms with Crippen LogP contribution in [0.25, 0.3) is 22.2 Å². The number of H-pyrrole nitrogens is 1. The summed E-state index contributed by atoms with van der Waals surface area (Å²) in [4.78, 5) is 29.0. The minimum absolute atomic E-state index is 0.161. The number of rotatable bonds is 7. The van der Waals surface area contributed by atoms with Gasteiger partial charge in [-0.05, 0) is 76.3 Å². The fourth-order valence-corrected chi connectivity index (χ4v) is 5.42. The molecule has 41 heavy (non-hydrogen) atoms. The van der Waals surface area contributed by atoms with Crippen LogP contribution in [0, 0.1) is 11.7 Å². The highest BCUT2D eigenvalue weighted by Crippen LogP contribution is 2.32. The van der Waals surface area contributed by atoms with Crippen LogP contribution >= 0.6 is 0 Å². The summed E-state index contributed by atoms with van der Waals surface area (Å²) in [6.45, 7) is 11.5. The molecule has 0 radical (unpaired) electrons. The standard InChI is InChI=1S/C31H38FN7O2/c1-20(37-11-13-38(14-12-37)30(40)41-31(2,3)4)22-9-10-33-24(15-22)16-27-35-26-8-7-25(28(32)29(26)36-27)23-17-34-39(19-23)18-21-5-6-21/h7-10,15,17,19-21H,5-6,11-14,16,18H2,1-4H3,(H,35,36). The molecule has 0 spiro atoms. The zero-order chi connectivity index (χ0) is 28.7. The molecule has 1 saturated carbocycles. The zero-order valence-corrected chi connectivity index (χ0v) is 24.2. The van der Waals surface area contributed by atoms with E-state index in [9.17, 15) is 4.79 Å². The van der Waals surface area contributed by atoms with Crippen molar-refractivity contribution in [2.75, 3.05) is 26.2 Å². The van der Waals surface area contributed by atoms with Crippen molar-refractivity contribution in [3.05, 3.63) is 65.8 Å². The predicted octanol–water partition coefficient (Wildman–Crippen LogP) is 5.58. The van der Waals surface area contributed by atoms with Gasteiger partial charge < -0.3 is 14.6 Å². The molecule has 1 aliphatic heterocycles. The van der Waals surface area contributed by atoms with Gasteiger partial charge in [-0.3, -0.25) is 14.6 Å². The molecule has 1 aliphatic carbocycles. The normalized spacial score (nSPS) is 17.2. The van der Waals surface area contributed by atoms with Crippen LogP contribution in [-0.4, -0.2) is 72.4 Å². The number of aromatic amines is 1. The lowest BCUT2D eigenvalue weighted by atomic mass is 10.1. The first-order valence-corrected chi connectivity index (χ1v) is 14.5. The van der Waals surface area contributed by atoms with E-state index in [1.54, 1.807) is 17.2 Å². The van der Waals surface area contributed by atoms with Gasteiger partial charge in [0.1, 0.15) is 16.9 Å². The lowest BCUT2D eigenvalue weighted by Gasteiger charge is -2.38. The number of nitrogens with zero attached hydrogens (tertiary/aromatic N) is 6. The van der Waals surface area contributed by atoms with E-state index in [0.717, 1.165) is 36.5 Å². The van der Waals surface area contributed by atoms with Gasteiger partial charge in [-0.25, -0.2) is 14.2 Å². The highest BCUT2D eigenvalue weighted by molar-refractivity contribution is 5.82. The molecule has 3 aromatic heterocycles. The topological polar surface area (TPSA) is 92.2 Å². The second-order valence-electron chi connectivity index (χ2n) is 12.3. The number of aromatic nitrogens is 5. The van der Waals surface area contributed by atoms with Crippen molar-refractivity contribution in [1.82, 2.24) is 34.5 Å². The summed E-state index contributed by atoms with van der Waals surface area (Å²) >= 11 is 0. The fourth-order valence-electron chi connectivity index (χ4n) is 5.42. The molecule has 4 heterocycles. The van der Waals surface area contributed by atoms with Crippen molar-refractivity contribution in [2.24, 2.45) is 5.92 Å². The minimum Gasteiger partial charge on any atom is -0.444 e. The van der Waals surface area contributed by atoms with Gasteiger partial charge in [0, 0.05) is 74.4 Å². The molecule has 216 valence electrons. The second-order valence-corrected chi connectivity index (χ2v) is 12.3. The quantitative estimate of drug-likeness (QED) is 0.318. The van der Waals surface area contributed by atoms with E-state index in [2.05, 4.69) is 37.9 Å². The predicted molar refractivity (Wildman–Crippen MR) is 155 cm³/mol. The number of piperazine rings is 1. The minimum atomic E-state index is -0.498. The van der Waals surface area contributed by atoms with E-state index < -0.39 is 5.60 Å². The summed E-state index contributed by atoms with van der Waals surface area (Å²) in [5.41, 5.74) is 3.79. The van der Waals surface area contributed by atoms with E-state index >= 15 is 4.39 Å². The van der Waals surface area contributed by atoms with Gasteiger partial charge in [-0.2, -0.15) is 5.10 Å². The van der Waals surface area contributed by atoms with Crippen LogP contribution in [0.1, 0.15) is 63.7 Å². The summed E-state index contributed by atoms with van der Waals surface area (Å²) < 4.78 is 23.0. The largest absolute Gasteiger partial charge is 0.444 e. The molecular formula is C31H38FN7O2. The van der Waals surface area contributed by atoms with Gasteiger partial charge in [0.05, 0.1) is 11.7 Å². The molecule has 1 aromatic carbocycles.